The summed E-state index contributed by atoms with van der Waals surface area (Å²) in [6.45, 7) is 1.97. The molecule has 2 aromatic heterocycles. The van der Waals surface area contributed by atoms with Gasteiger partial charge in [0.1, 0.15) is 5.69 Å². The molecule has 100 valence electrons. The molecule has 2 aromatic rings. The molecule has 0 saturated heterocycles. The van der Waals surface area contributed by atoms with Crippen molar-refractivity contribution in [2.24, 2.45) is 7.05 Å². The highest BCUT2D eigenvalue weighted by atomic mass is 16.2. The van der Waals surface area contributed by atoms with Crippen LogP contribution >= 0.6 is 0 Å². The van der Waals surface area contributed by atoms with E-state index in [0.717, 1.165) is 18.2 Å². The van der Waals surface area contributed by atoms with Crippen LogP contribution in [0.1, 0.15) is 35.4 Å². The summed E-state index contributed by atoms with van der Waals surface area (Å²) in [7, 11) is 1.82. The van der Waals surface area contributed by atoms with Gasteiger partial charge in [0.05, 0.1) is 18.4 Å². The second kappa shape index (κ2) is 5.47. The van der Waals surface area contributed by atoms with Crippen molar-refractivity contribution >= 4 is 5.91 Å². The van der Waals surface area contributed by atoms with Crippen molar-refractivity contribution in [2.45, 2.75) is 19.4 Å². The molecule has 1 amide bonds. The summed E-state index contributed by atoms with van der Waals surface area (Å²) in [6, 6.07) is -0.130. The van der Waals surface area contributed by atoms with Gasteiger partial charge in [0.2, 0.25) is 0 Å². The standard InChI is InChI=1S/C12H15N5O2/c1-3-9(8-4-15-17(2)7-8)16-12(19)10-5-14-11(18)6-13-10/h4-7,9H,3H2,1-2H3,(H,14,18)(H,16,19)/t9-/m0/s1. The fourth-order valence-electron chi connectivity index (χ4n) is 1.74. The Morgan fingerprint density at radius 2 is 2.32 bits per heavy atom. The van der Waals surface area contributed by atoms with E-state index < -0.39 is 0 Å². The van der Waals surface area contributed by atoms with Crippen LogP contribution in [0.4, 0.5) is 0 Å². The molecule has 7 heteroatoms. The van der Waals surface area contributed by atoms with Crippen LogP contribution in [0, 0.1) is 0 Å². The normalized spacial score (nSPS) is 12.1. The van der Waals surface area contributed by atoms with Gasteiger partial charge in [-0.3, -0.25) is 14.3 Å². The molecule has 2 heterocycles. The number of hydrogen-bond donors (Lipinski definition) is 2. The Labute approximate surface area is 109 Å². The van der Waals surface area contributed by atoms with E-state index in [2.05, 4.69) is 20.4 Å². The number of aromatic amines is 1. The Bertz CT molecular complexity index is 611. The number of rotatable bonds is 4. The van der Waals surface area contributed by atoms with Crippen molar-refractivity contribution in [3.05, 3.63) is 46.4 Å². The van der Waals surface area contributed by atoms with E-state index in [0.29, 0.717) is 0 Å². The van der Waals surface area contributed by atoms with Gasteiger partial charge in [-0.05, 0) is 6.42 Å². The van der Waals surface area contributed by atoms with Gasteiger partial charge in [-0.2, -0.15) is 5.10 Å². The smallest absolute Gasteiger partial charge is 0.271 e. The molecule has 2 rings (SSSR count). The number of H-pyrrole nitrogens is 1. The lowest BCUT2D eigenvalue weighted by atomic mass is 10.1. The van der Waals surface area contributed by atoms with E-state index in [4.69, 9.17) is 0 Å². The molecule has 19 heavy (non-hydrogen) atoms. The monoisotopic (exact) mass is 261 g/mol. The number of nitrogens with zero attached hydrogens (tertiary/aromatic N) is 3. The van der Waals surface area contributed by atoms with Crippen molar-refractivity contribution in [3.63, 3.8) is 0 Å². The second-order valence-electron chi connectivity index (χ2n) is 4.18. The lowest BCUT2D eigenvalue weighted by Gasteiger charge is -2.14. The van der Waals surface area contributed by atoms with Crippen LogP contribution in [0.25, 0.3) is 0 Å². The second-order valence-corrected chi connectivity index (χ2v) is 4.18. The summed E-state index contributed by atoms with van der Waals surface area (Å²) in [5, 5.41) is 6.93. The molecule has 0 bridgehead atoms. The van der Waals surface area contributed by atoms with Gasteiger partial charge in [0, 0.05) is 25.0 Å². The van der Waals surface area contributed by atoms with Crippen LogP contribution in [0.15, 0.2) is 29.6 Å². The summed E-state index contributed by atoms with van der Waals surface area (Å²) >= 11 is 0. The predicted molar refractivity (Wildman–Crippen MR) is 68.6 cm³/mol. The fourth-order valence-corrected chi connectivity index (χ4v) is 1.74. The highest BCUT2D eigenvalue weighted by molar-refractivity contribution is 5.92. The van der Waals surface area contributed by atoms with Crippen LogP contribution in [0.5, 0.6) is 0 Å². The highest BCUT2D eigenvalue weighted by Crippen LogP contribution is 2.15. The first-order chi connectivity index (χ1) is 9.10. The van der Waals surface area contributed by atoms with Gasteiger partial charge in [-0.25, -0.2) is 4.98 Å². The largest absolute Gasteiger partial charge is 0.344 e. The van der Waals surface area contributed by atoms with Gasteiger partial charge >= 0.3 is 0 Å². The number of nitrogens with one attached hydrogen (secondary N) is 2. The van der Waals surface area contributed by atoms with Gasteiger partial charge < -0.3 is 10.3 Å². The van der Waals surface area contributed by atoms with E-state index in [1.165, 1.54) is 6.20 Å². The Balaban J connectivity index is 2.12. The van der Waals surface area contributed by atoms with E-state index >= 15 is 0 Å². The van der Waals surface area contributed by atoms with Crippen LogP contribution in [0.3, 0.4) is 0 Å². The summed E-state index contributed by atoms with van der Waals surface area (Å²) < 4.78 is 1.68. The molecule has 0 aliphatic rings. The van der Waals surface area contributed by atoms with E-state index in [1.807, 2.05) is 20.2 Å². The van der Waals surface area contributed by atoms with E-state index in [1.54, 1.807) is 10.9 Å². The van der Waals surface area contributed by atoms with Crippen LogP contribution in [-0.2, 0) is 7.05 Å². The van der Waals surface area contributed by atoms with Crippen molar-refractivity contribution < 1.29 is 4.79 Å². The van der Waals surface area contributed by atoms with Gasteiger partial charge in [-0.1, -0.05) is 6.92 Å². The van der Waals surface area contributed by atoms with Crippen molar-refractivity contribution in [3.8, 4) is 0 Å². The summed E-state index contributed by atoms with van der Waals surface area (Å²) in [5.41, 5.74) is 0.778. The number of hydrogen-bond acceptors (Lipinski definition) is 4. The van der Waals surface area contributed by atoms with Gasteiger partial charge in [0.25, 0.3) is 11.5 Å². The topological polar surface area (TPSA) is 92.7 Å². The zero-order valence-corrected chi connectivity index (χ0v) is 10.8. The van der Waals surface area contributed by atoms with Gasteiger partial charge in [0.15, 0.2) is 0 Å². The number of aryl methyl sites for hydroxylation is 1. The maximum atomic E-state index is 12.0. The fraction of sp³-hybridized carbons (Fsp3) is 0.333. The minimum atomic E-state index is -0.337. The number of aromatic nitrogens is 4. The number of carbonyl (C=O) groups is 1. The molecule has 0 aliphatic carbocycles. The molecule has 0 unspecified atom stereocenters. The highest BCUT2D eigenvalue weighted by Gasteiger charge is 2.16. The zero-order valence-electron chi connectivity index (χ0n) is 10.8. The first kappa shape index (κ1) is 13.0. The molecule has 0 radical (unpaired) electrons. The average Bonchev–Trinajstić information content (AvgIpc) is 2.83. The molecule has 2 N–H and O–H groups in total. The third-order valence-electron chi connectivity index (χ3n) is 2.75. The first-order valence-corrected chi connectivity index (χ1v) is 5.94. The summed E-state index contributed by atoms with van der Waals surface area (Å²) in [6.07, 6.45) is 6.69. The quantitative estimate of drug-likeness (QED) is 0.832. The Hall–Kier alpha value is -2.44. The molecular weight excluding hydrogens is 246 g/mol. The predicted octanol–water partition coefficient (Wildman–Crippen LogP) is 0.384. The molecular formula is C12H15N5O2. The molecule has 0 fully saturated rings. The molecule has 0 saturated carbocycles. The van der Waals surface area contributed by atoms with Crippen molar-refractivity contribution in [1.82, 2.24) is 25.1 Å². The van der Waals surface area contributed by atoms with E-state index in [9.17, 15) is 9.59 Å². The number of amides is 1. The maximum absolute atomic E-state index is 12.0. The minimum Gasteiger partial charge on any atom is -0.344 e. The molecule has 0 aromatic carbocycles. The van der Waals surface area contributed by atoms with Gasteiger partial charge in [-0.15, -0.1) is 0 Å². The molecule has 0 spiro atoms. The molecule has 1 atom stereocenters. The molecule has 7 nitrogen and oxygen atoms in total. The summed E-state index contributed by atoms with van der Waals surface area (Å²) in [5.74, 6) is -0.327. The van der Waals surface area contributed by atoms with Crippen molar-refractivity contribution in [1.29, 1.82) is 0 Å². The third kappa shape index (κ3) is 3.06. The zero-order chi connectivity index (χ0) is 13.8. The first-order valence-electron chi connectivity index (χ1n) is 5.94. The van der Waals surface area contributed by atoms with Crippen molar-refractivity contribution in [2.75, 3.05) is 0 Å². The van der Waals surface area contributed by atoms with Crippen LogP contribution < -0.4 is 10.9 Å². The lowest BCUT2D eigenvalue weighted by molar-refractivity contribution is 0.0930. The third-order valence-corrected chi connectivity index (χ3v) is 2.75. The lowest BCUT2D eigenvalue weighted by Crippen LogP contribution is -2.29. The average molecular weight is 261 g/mol. The Kier molecular flexibility index (Phi) is 3.74. The molecule has 0 aliphatic heterocycles. The minimum absolute atomic E-state index is 0.130. The summed E-state index contributed by atoms with van der Waals surface area (Å²) in [4.78, 5) is 29.1. The number of carbonyl (C=O) groups excluding carboxylic acids is 1. The SMILES string of the molecule is CC[C@H](NC(=O)c1c[nH]c(=O)cn1)c1cnn(C)c1. The maximum Gasteiger partial charge on any atom is 0.271 e. The van der Waals surface area contributed by atoms with E-state index in [-0.39, 0.29) is 23.2 Å². The van der Waals surface area contributed by atoms with Crippen LogP contribution in [-0.4, -0.2) is 25.7 Å². The Morgan fingerprint density at radius 3 is 2.84 bits per heavy atom. The Morgan fingerprint density at radius 1 is 1.53 bits per heavy atom. The van der Waals surface area contributed by atoms with Crippen LogP contribution in [0.2, 0.25) is 0 Å².